The van der Waals surface area contributed by atoms with Crippen LogP contribution in [0, 0.1) is 11.8 Å². The first-order chi connectivity index (χ1) is 8.75. The van der Waals surface area contributed by atoms with E-state index in [1.165, 1.54) is 32.1 Å². The van der Waals surface area contributed by atoms with Crippen LogP contribution < -0.4 is 5.32 Å². The van der Waals surface area contributed by atoms with Gasteiger partial charge in [0.15, 0.2) is 0 Å². The molecule has 3 nitrogen and oxygen atoms in total. The van der Waals surface area contributed by atoms with E-state index >= 15 is 0 Å². The van der Waals surface area contributed by atoms with Gasteiger partial charge in [-0.3, -0.25) is 4.90 Å². The molecule has 3 heteroatoms. The highest BCUT2D eigenvalue weighted by molar-refractivity contribution is 4.96. The lowest BCUT2D eigenvalue weighted by atomic mass is 10.1. The first-order valence-electron chi connectivity index (χ1n) is 7.81. The minimum absolute atomic E-state index is 0.415. The van der Waals surface area contributed by atoms with Gasteiger partial charge in [0.1, 0.15) is 0 Å². The van der Waals surface area contributed by atoms with Crippen molar-refractivity contribution in [2.24, 2.45) is 11.8 Å². The second-order valence-electron chi connectivity index (χ2n) is 6.57. The predicted molar refractivity (Wildman–Crippen MR) is 73.7 cm³/mol. The Morgan fingerprint density at radius 1 is 1.17 bits per heavy atom. The molecule has 1 saturated heterocycles. The molecule has 18 heavy (non-hydrogen) atoms. The largest absolute Gasteiger partial charge is 0.377 e. The highest BCUT2D eigenvalue weighted by Gasteiger charge is 2.41. The van der Waals surface area contributed by atoms with Crippen LogP contribution in [-0.2, 0) is 4.74 Å². The Kier molecular flexibility index (Phi) is 3.92. The van der Waals surface area contributed by atoms with Gasteiger partial charge in [0, 0.05) is 31.8 Å². The summed E-state index contributed by atoms with van der Waals surface area (Å²) in [5, 5.41) is 3.83. The van der Waals surface area contributed by atoms with E-state index in [2.05, 4.69) is 24.2 Å². The Morgan fingerprint density at radius 3 is 2.33 bits per heavy atom. The number of nitrogens with one attached hydrogen (secondary N) is 1. The molecule has 1 N–H and O–H groups in total. The molecule has 0 spiro atoms. The molecule has 2 atom stereocenters. The summed E-state index contributed by atoms with van der Waals surface area (Å²) in [7, 11) is 2.25. The molecule has 0 aromatic rings. The smallest absolute Gasteiger partial charge is 0.0702 e. The van der Waals surface area contributed by atoms with Crippen molar-refractivity contribution < 1.29 is 4.74 Å². The third kappa shape index (κ3) is 3.06. The summed E-state index contributed by atoms with van der Waals surface area (Å²) < 4.78 is 5.65. The van der Waals surface area contributed by atoms with Crippen molar-refractivity contribution in [3.8, 4) is 0 Å². The van der Waals surface area contributed by atoms with Gasteiger partial charge in [0.25, 0.3) is 0 Å². The highest BCUT2D eigenvalue weighted by atomic mass is 16.5. The summed E-state index contributed by atoms with van der Waals surface area (Å²) in [6, 6.07) is 1.47. The van der Waals surface area contributed by atoms with E-state index in [4.69, 9.17) is 4.74 Å². The normalized spacial score (nSPS) is 32.7. The summed E-state index contributed by atoms with van der Waals surface area (Å²) in [5.74, 6) is 2.02. The zero-order chi connectivity index (χ0) is 12.5. The Hall–Kier alpha value is -0.120. The average molecular weight is 252 g/mol. The van der Waals surface area contributed by atoms with Crippen molar-refractivity contribution in [3.05, 3.63) is 0 Å². The van der Waals surface area contributed by atoms with Crippen molar-refractivity contribution in [2.75, 3.05) is 26.7 Å². The standard InChI is InChI=1S/C15H28N2O/c1-11-14(7-10-18-11)17(2)9-8-16-15(12-3-4-12)13-5-6-13/h11-16H,3-10H2,1-2H3. The summed E-state index contributed by atoms with van der Waals surface area (Å²) >= 11 is 0. The fourth-order valence-corrected chi connectivity index (χ4v) is 3.50. The lowest BCUT2D eigenvalue weighted by Gasteiger charge is -2.27. The number of likely N-dealkylation sites (N-methyl/N-ethyl adjacent to an activating group) is 1. The Bertz CT molecular complexity index is 264. The average Bonchev–Trinajstić information content (AvgIpc) is 3.24. The molecule has 0 bridgehead atoms. The van der Waals surface area contributed by atoms with Crippen molar-refractivity contribution in [1.82, 2.24) is 10.2 Å². The Balaban J connectivity index is 1.38. The molecule has 3 rings (SSSR count). The molecular weight excluding hydrogens is 224 g/mol. The van der Waals surface area contributed by atoms with Crippen LogP contribution in [0.15, 0.2) is 0 Å². The molecular formula is C15H28N2O. The van der Waals surface area contributed by atoms with Gasteiger partial charge in [-0.2, -0.15) is 0 Å². The van der Waals surface area contributed by atoms with Crippen molar-refractivity contribution in [1.29, 1.82) is 0 Å². The molecule has 0 amide bonds. The van der Waals surface area contributed by atoms with Crippen molar-refractivity contribution >= 4 is 0 Å². The predicted octanol–water partition coefficient (Wildman–Crippen LogP) is 1.87. The van der Waals surface area contributed by atoms with E-state index in [1.54, 1.807) is 0 Å². The molecule has 2 unspecified atom stereocenters. The van der Waals surface area contributed by atoms with Gasteiger partial charge in [0.05, 0.1) is 6.10 Å². The fourth-order valence-electron chi connectivity index (χ4n) is 3.50. The van der Waals surface area contributed by atoms with E-state index in [1.807, 2.05) is 0 Å². The maximum Gasteiger partial charge on any atom is 0.0702 e. The monoisotopic (exact) mass is 252 g/mol. The Labute approximate surface area is 111 Å². The van der Waals surface area contributed by atoms with E-state index in [9.17, 15) is 0 Å². The third-order valence-corrected chi connectivity index (χ3v) is 5.01. The van der Waals surface area contributed by atoms with Gasteiger partial charge in [-0.25, -0.2) is 0 Å². The van der Waals surface area contributed by atoms with Gasteiger partial charge in [0.2, 0.25) is 0 Å². The lowest BCUT2D eigenvalue weighted by molar-refractivity contribution is 0.0836. The van der Waals surface area contributed by atoms with Crippen molar-refractivity contribution in [3.63, 3.8) is 0 Å². The fraction of sp³-hybridized carbons (Fsp3) is 1.00. The molecule has 0 aromatic carbocycles. The number of ether oxygens (including phenoxy) is 1. The number of hydrogen-bond donors (Lipinski definition) is 1. The van der Waals surface area contributed by atoms with Gasteiger partial charge in [-0.05, 0) is 57.9 Å². The molecule has 0 radical (unpaired) electrons. The van der Waals surface area contributed by atoms with Crippen LogP contribution in [0.2, 0.25) is 0 Å². The van der Waals surface area contributed by atoms with Crippen LogP contribution >= 0.6 is 0 Å². The quantitative estimate of drug-likeness (QED) is 0.748. The van der Waals surface area contributed by atoms with Crippen LogP contribution in [-0.4, -0.2) is 49.8 Å². The van der Waals surface area contributed by atoms with E-state index in [0.717, 1.165) is 37.6 Å². The molecule has 3 aliphatic rings. The first kappa shape index (κ1) is 12.9. The molecule has 3 fully saturated rings. The van der Waals surface area contributed by atoms with Crippen LogP contribution in [0.4, 0.5) is 0 Å². The van der Waals surface area contributed by atoms with Crippen LogP contribution in [0.1, 0.15) is 39.0 Å². The molecule has 1 aliphatic heterocycles. The summed E-state index contributed by atoms with van der Waals surface area (Å²) in [4.78, 5) is 2.49. The molecule has 0 aromatic heterocycles. The summed E-state index contributed by atoms with van der Waals surface area (Å²) in [5.41, 5.74) is 0. The molecule has 2 saturated carbocycles. The molecule has 2 aliphatic carbocycles. The first-order valence-corrected chi connectivity index (χ1v) is 7.81. The number of nitrogens with zero attached hydrogens (tertiary/aromatic N) is 1. The second-order valence-corrected chi connectivity index (χ2v) is 6.57. The summed E-state index contributed by atoms with van der Waals surface area (Å²) in [6.07, 6.45) is 7.49. The van der Waals surface area contributed by atoms with Gasteiger partial charge in [-0.15, -0.1) is 0 Å². The lowest BCUT2D eigenvalue weighted by Crippen LogP contribution is -2.43. The minimum Gasteiger partial charge on any atom is -0.377 e. The minimum atomic E-state index is 0.415. The second kappa shape index (κ2) is 5.48. The number of rotatable bonds is 7. The van der Waals surface area contributed by atoms with Gasteiger partial charge in [-0.1, -0.05) is 0 Å². The zero-order valence-electron chi connectivity index (χ0n) is 11.9. The Morgan fingerprint density at radius 2 is 1.83 bits per heavy atom. The maximum absolute atomic E-state index is 5.65. The molecule has 104 valence electrons. The van der Waals surface area contributed by atoms with E-state index in [0.29, 0.717) is 12.1 Å². The molecule has 1 heterocycles. The van der Waals surface area contributed by atoms with Crippen molar-refractivity contribution in [2.45, 2.75) is 57.2 Å². The van der Waals surface area contributed by atoms with Crippen LogP contribution in [0.5, 0.6) is 0 Å². The summed E-state index contributed by atoms with van der Waals surface area (Å²) in [6.45, 7) is 5.46. The zero-order valence-corrected chi connectivity index (χ0v) is 11.9. The highest BCUT2D eigenvalue weighted by Crippen LogP contribution is 2.44. The van der Waals surface area contributed by atoms with E-state index in [-0.39, 0.29) is 0 Å². The van der Waals surface area contributed by atoms with Gasteiger partial charge >= 0.3 is 0 Å². The SMILES string of the molecule is CC1OCCC1N(C)CCNC(C1CC1)C1CC1. The van der Waals surface area contributed by atoms with E-state index < -0.39 is 0 Å². The van der Waals surface area contributed by atoms with Crippen LogP contribution in [0.25, 0.3) is 0 Å². The maximum atomic E-state index is 5.65. The topological polar surface area (TPSA) is 24.5 Å². The van der Waals surface area contributed by atoms with Gasteiger partial charge < -0.3 is 10.1 Å². The van der Waals surface area contributed by atoms with Crippen LogP contribution in [0.3, 0.4) is 0 Å². The third-order valence-electron chi connectivity index (χ3n) is 5.01. The number of hydrogen-bond acceptors (Lipinski definition) is 3.